The number of hydrogen-bond acceptors (Lipinski definition) is 1. The molecule has 2 rings (SSSR count). The molecule has 1 heterocycles. The van der Waals surface area contributed by atoms with Crippen molar-refractivity contribution in [2.75, 3.05) is 0 Å². The second kappa shape index (κ2) is 4.11. The molecule has 0 aliphatic rings. The molecule has 0 radical (unpaired) electrons. The van der Waals surface area contributed by atoms with Gasteiger partial charge in [0.2, 0.25) is 0 Å². The van der Waals surface area contributed by atoms with Crippen molar-refractivity contribution in [2.24, 2.45) is 5.73 Å². The van der Waals surface area contributed by atoms with Crippen LogP contribution in [0.5, 0.6) is 0 Å². The Kier molecular flexibility index (Phi) is 2.96. The summed E-state index contributed by atoms with van der Waals surface area (Å²) >= 11 is 6.04. The van der Waals surface area contributed by atoms with Crippen LogP contribution in [0.4, 0.5) is 0 Å². The van der Waals surface area contributed by atoms with Crippen molar-refractivity contribution in [1.29, 1.82) is 0 Å². The van der Waals surface area contributed by atoms with Crippen molar-refractivity contribution in [3.05, 3.63) is 34.5 Å². The zero-order chi connectivity index (χ0) is 11.9. The van der Waals surface area contributed by atoms with E-state index in [0.717, 1.165) is 5.02 Å². The van der Waals surface area contributed by atoms with Crippen molar-refractivity contribution in [3.8, 4) is 0 Å². The predicted octanol–water partition coefficient (Wildman–Crippen LogP) is 3.64. The van der Waals surface area contributed by atoms with Crippen LogP contribution in [0.1, 0.15) is 31.1 Å². The standard InChI is InChI=1S/C13H17ClN2/c1-8(2)16-9(3)12(7-15)11-6-10(14)4-5-13(11)16/h4-6,8H,7,15H2,1-3H3. The van der Waals surface area contributed by atoms with Gasteiger partial charge >= 0.3 is 0 Å². The summed E-state index contributed by atoms with van der Waals surface area (Å²) in [7, 11) is 0. The molecular formula is C13H17ClN2. The maximum Gasteiger partial charge on any atom is 0.0489 e. The van der Waals surface area contributed by atoms with Gasteiger partial charge < -0.3 is 10.3 Å². The van der Waals surface area contributed by atoms with Gasteiger partial charge in [-0.15, -0.1) is 0 Å². The fourth-order valence-corrected chi connectivity index (χ4v) is 2.58. The predicted molar refractivity (Wildman–Crippen MR) is 70.0 cm³/mol. The average molecular weight is 237 g/mol. The number of benzene rings is 1. The fourth-order valence-electron chi connectivity index (χ4n) is 2.40. The topological polar surface area (TPSA) is 30.9 Å². The van der Waals surface area contributed by atoms with Gasteiger partial charge in [-0.25, -0.2) is 0 Å². The summed E-state index contributed by atoms with van der Waals surface area (Å²) in [5.41, 5.74) is 9.49. The van der Waals surface area contributed by atoms with E-state index in [0.29, 0.717) is 12.6 Å². The van der Waals surface area contributed by atoms with Crippen molar-refractivity contribution in [1.82, 2.24) is 4.57 Å². The Hall–Kier alpha value is -0.990. The number of nitrogens with zero attached hydrogens (tertiary/aromatic N) is 1. The molecule has 86 valence electrons. The second-order valence-electron chi connectivity index (χ2n) is 4.39. The first-order valence-electron chi connectivity index (χ1n) is 5.55. The second-order valence-corrected chi connectivity index (χ2v) is 4.83. The number of aromatic nitrogens is 1. The summed E-state index contributed by atoms with van der Waals surface area (Å²) in [4.78, 5) is 0. The molecule has 0 aliphatic carbocycles. The van der Waals surface area contributed by atoms with Crippen molar-refractivity contribution < 1.29 is 0 Å². The van der Waals surface area contributed by atoms with Crippen LogP contribution in [0.2, 0.25) is 5.02 Å². The molecule has 1 aromatic carbocycles. The number of halogens is 1. The molecule has 0 amide bonds. The summed E-state index contributed by atoms with van der Waals surface area (Å²) in [6.07, 6.45) is 0. The summed E-state index contributed by atoms with van der Waals surface area (Å²) in [6, 6.07) is 6.45. The summed E-state index contributed by atoms with van der Waals surface area (Å²) in [5, 5.41) is 1.95. The third kappa shape index (κ3) is 1.62. The van der Waals surface area contributed by atoms with Gasteiger partial charge in [0, 0.05) is 34.2 Å². The lowest BCUT2D eigenvalue weighted by Gasteiger charge is -2.12. The molecule has 0 atom stereocenters. The SMILES string of the molecule is Cc1c(CN)c2cc(Cl)ccc2n1C(C)C. The molecule has 0 aliphatic heterocycles. The van der Waals surface area contributed by atoms with Crippen LogP contribution in [-0.2, 0) is 6.54 Å². The van der Waals surface area contributed by atoms with Crippen LogP contribution in [0.3, 0.4) is 0 Å². The van der Waals surface area contributed by atoms with E-state index in [4.69, 9.17) is 17.3 Å². The first kappa shape index (κ1) is 11.5. The largest absolute Gasteiger partial charge is 0.342 e. The minimum atomic E-state index is 0.434. The zero-order valence-electron chi connectivity index (χ0n) is 9.92. The van der Waals surface area contributed by atoms with E-state index in [1.165, 1.54) is 22.2 Å². The van der Waals surface area contributed by atoms with Gasteiger partial charge in [-0.1, -0.05) is 11.6 Å². The van der Waals surface area contributed by atoms with Gasteiger partial charge in [-0.05, 0) is 44.5 Å². The van der Waals surface area contributed by atoms with Gasteiger partial charge in [-0.3, -0.25) is 0 Å². The first-order chi connectivity index (χ1) is 7.56. The van der Waals surface area contributed by atoms with Crippen LogP contribution >= 0.6 is 11.6 Å². The van der Waals surface area contributed by atoms with E-state index in [2.05, 4.69) is 31.4 Å². The molecular weight excluding hydrogens is 220 g/mol. The minimum absolute atomic E-state index is 0.434. The van der Waals surface area contributed by atoms with Crippen LogP contribution < -0.4 is 5.73 Å². The average Bonchev–Trinajstić information content (AvgIpc) is 2.49. The molecule has 2 N–H and O–H groups in total. The van der Waals surface area contributed by atoms with Crippen LogP contribution in [0, 0.1) is 6.92 Å². The molecule has 1 aromatic heterocycles. The van der Waals surface area contributed by atoms with E-state index in [1.54, 1.807) is 0 Å². The quantitative estimate of drug-likeness (QED) is 0.848. The molecule has 0 bridgehead atoms. The monoisotopic (exact) mass is 236 g/mol. The van der Waals surface area contributed by atoms with Crippen LogP contribution in [0.15, 0.2) is 18.2 Å². The van der Waals surface area contributed by atoms with Gasteiger partial charge in [0.05, 0.1) is 0 Å². The Bertz CT molecular complexity index is 526. The maximum absolute atomic E-state index is 6.04. The summed E-state index contributed by atoms with van der Waals surface area (Å²) < 4.78 is 2.31. The van der Waals surface area contributed by atoms with Gasteiger partial charge in [-0.2, -0.15) is 0 Å². The highest BCUT2D eigenvalue weighted by Crippen LogP contribution is 2.30. The number of hydrogen-bond donors (Lipinski definition) is 1. The van der Waals surface area contributed by atoms with Gasteiger partial charge in [0.25, 0.3) is 0 Å². The van der Waals surface area contributed by atoms with E-state index in [-0.39, 0.29) is 0 Å². The van der Waals surface area contributed by atoms with Gasteiger partial charge in [0.1, 0.15) is 0 Å². The highest BCUT2D eigenvalue weighted by molar-refractivity contribution is 6.31. The Morgan fingerprint density at radius 1 is 1.38 bits per heavy atom. The Morgan fingerprint density at radius 2 is 2.06 bits per heavy atom. The van der Waals surface area contributed by atoms with Crippen molar-refractivity contribution >= 4 is 22.5 Å². The molecule has 0 spiro atoms. The van der Waals surface area contributed by atoms with Crippen molar-refractivity contribution in [2.45, 2.75) is 33.4 Å². The minimum Gasteiger partial charge on any atom is -0.342 e. The Labute approximate surface area is 101 Å². The first-order valence-corrected chi connectivity index (χ1v) is 5.93. The lowest BCUT2D eigenvalue weighted by molar-refractivity contribution is 0.605. The summed E-state index contributed by atoms with van der Waals surface area (Å²) in [5.74, 6) is 0. The lowest BCUT2D eigenvalue weighted by Crippen LogP contribution is -2.04. The zero-order valence-corrected chi connectivity index (χ0v) is 10.7. The molecule has 0 unspecified atom stereocenters. The maximum atomic E-state index is 6.04. The Balaban J connectivity index is 2.86. The molecule has 16 heavy (non-hydrogen) atoms. The molecule has 0 fully saturated rings. The molecule has 0 saturated carbocycles. The van der Waals surface area contributed by atoms with Gasteiger partial charge in [0.15, 0.2) is 0 Å². The highest BCUT2D eigenvalue weighted by Gasteiger charge is 2.14. The lowest BCUT2D eigenvalue weighted by atomic mass is 10.1. The van der Waals surface area contributed by atoms with E-state index >= 15 is 0 Å². The smallest absolute Gasteiger partial charge is 0.0489 e. The van der Waals surface area contributed by atoms with Crippen LogP contribution in [-0.4, -0.2) is 4.57 Å². The van der Waals surface area contributed by atoms with Crippen LogP contribution in [0.25, 0.3) is 10.9 Å². The van der Waals surface area contributed by atoms with E-state index in [9.17, 15) is 0 Å². The number of fused-ring (bicyclic) bond motifs is 1. The third-order valence-electron chi connectivity index (χ3n) is 3.06. The van der Waals surface area contributed by atoms with E-state index in [1.807, 2.05) is 12.1 Å². The highest BCUT2D eigenvalue weighted by atomic mass is 35.5. The number of nitrogens with two attached hydrogens (primary N) is 1. The van der Waals surface area contributed by atoms with Crippen molar-refractivity contribution in [3.63, 3.8) is 0 Å². The number of rotatable bonds is 2. The fraction of sp³-hybridized carbons (Fsp3) is 0.385. The molecule has 2 nitrogen and oxygen atoms in total. The normalized spacial score (nSPS) is 11.6. The molecule has 0 saturated heterocycles. The summed E-state index contributed by atoms with van der Waals surface area (Å²) in [6.45, 7) is 7.04. The molecule has 2 aromatic rings. The third-order valence-corrected chi connectivity index (χ3v) is 3.30. The Morgan fingerprint density at radius 3 is 2.62 bits per heavy atom. The molecule has 3 heteroatoms. The van der Waals surface area contributed by atoms with E-state index < -0.39 is 0 Å².